The molecule has 5 rings (SSSR count). The molecule has 4 heterocycles. The molecule has 0 radical (unpaired) electrons. The van der Waals surface area contributed by atoms with E-state index in [-0.39, 0.29) is 24.1 Å². The fourth-order valence-corrected chi connectivity index (χ4v) is 4.18. The Bertz CT molecular complexity index is 1460. The molecule has 1 saturated heterocycles. The van der Waals surface area contributed by atoms with Crippen LogP contribution in [0.1, 0.15) is 7.79 Å². The van der Waals surface area contributed by atoms with Crippen LogP contribution in [0.3, 0.4) is 0 Å². The number of ether oxygens (including phenoxy) is 1. The lowest BCUT2D eigenvalue weighted by Gasteiger charge is -2.33. The van der Waals surface area contributed by atoms with Gasteiger partial charge in [0.15, 0.2) is 0 Å². The number of hydrogen-bond donors (Lipinski definition) is 1. The average Bonchev–Trinajstić information content (AvgIpc) is 3.35. The van der Waals surface area contributed by atoms with Crippen molar-refractivity contribution in [3.8, 4) is 17.0 Å². The summed E-state index contributed by atoms with van der Waals surface area (Å²) < 4.78 is 71.2. The van der Waals surface area contributed by atoms with Crippen LogP contribution in [-0.4, -0.2) is 80.1 Å². The molecular weight excluding hydrogens is 456 g/mol. The first-order valence-corrected chi connectivity index (χ1v) is 10.5. The maximum absolute atomic E-state index is 14.5. The van der Waals surface area contributed by atoms with Crippen molar-refractivity contribution in [1.29, 1.82) is 0 Å². The summed E-state index contributed by atoms with van der Waals surface area (Å²) in [6, 6.07) is 5.27. The second kappa shape index (κ2) is 8.38. The van der Waals surface area contributed by atoms with Gasteiger partial charge in [-0.15, -0.1) is 5.10 Å². The van der Waals surface area contributed by atoms with Crippen molar-refractivity contribution in [1.82, 2.24) is 34.5 Å². The molecule has 1 aliphatic rings. The lowest BCUT2D eigenvalue weighted by atomic mass is 10.0. The molecule has 0 amide bonds. The van der Waals surface area contributed by atoms with Crippen molar-refractivity contribution in [3.05, 3.63) is 36.1 Å². The third kappa shape index (κ3) is 4.00. The van der Waals surface area contributed by atoms with E-state index < -0.39 is 31.5 Å². The van der Waals surface area contributed by atoms with Gasteiger partial charge in [-0.05, 0) is 37.2 Å². The zero-order chi connectivity index (χ0) is 24.9. The SMILES string of the molecule is [2H]c1cc(-c2ccc3nnn(CC(F)F)c3c2)c2c(OC)nc(=NC3CCN(C)CC3(F)F)[nH]n12. The van der Waals surface area contributed by atoms with Crippen LogP contribution < -0.4 is 10.4 Å². The lowest BCUT2D eigenvalue weighted by Crippen LogP contribution is -2.50. The molecule has 1 atom stereocenters. The van der Waals surface area contributed by atoms with Gasteiger partial charge < -0.3 is 9.64 Å². The number of methoxy groups -OCH3 is 1. The molecule has 1 unspecified atom stereocenters. The number of H-pyrrole nitrogens is 1. The van der Waals surface area contributed by atoms with E-state index in [1.807, 2.05) is 0 Å². The van der Waals surface area contributed by atoms with Crippen LogP contribution in [0.4, 0.5) is 17.6 Å². The van der Waals surface area contributed by atoms with E-state index in [4.69, 9.17) is 6.11 Å². The van der Waals surface area contributed by atoms with Crippen LogP contribution in [0.25, 0.3) is 27.7 Å². The minimum absolute atomic E-state index is 0.00148. The molecule has 180 valence electrons. The highest BCUT2D eigenvalue weighted by atomic mass is 19.3. The van der Waals surface area contributed by atoms with Gasteiger partial charge in [-0.2, -0.15) is 4.98 Å². The van der Waals surface area contributed by atoms with Crippen LogP contribution >= 0.6 is 0 Å². The highest BCUT2D eigenvalue weighted by Gasteiger charge is 2.43. The summed E-state index contributed by atoms with van der Waals surface area (Å²) in [7, 11) is 3.01. The van der Waals surface area contributed by atoms with Crippen LogP contribution in [-0.2, 0) is 6.54 Å². The van der Waals surface area contributed by atoms with Crippen LogP contribution in [0.15, 0.2) is 35.4 Å². The zero-order valence-electron chi connectivity index (χ0n) is 19.3. The predicted octanol–water partition coefficient (Wildman–Crippen LogP) is 2.59. The molecule has 1 fully saturated rings. The summed E-state index contributed by atoms with van der Waals surface area (Å²) in [6.45, 7) is -0.539. The molecule has 13 heteroatoms. The molecule has 9 nitrogen and oxygen atoms in total. The second-order valence-electron chi connectivity index (χ2n) is 8.23. The summed E-state index contributed by atoms with van der Waals surface area (Å²) in [5, 5.41) is 10.5. The predicted molar refractivity (Wildman–Crippen MR) is 115 cm³/mol. The zero-order valence-corrected chi connectivity index (χ0v) is 18.3. The van der Waals surface area contributed by atoms with Crippen LogP contribution in [0.5, 0.6) is 5.88 Å². The molecule has 34 heavy (non-hydrogen) atoms. The van der Waals surface area contributed by atoms with Gasteiger partial charge >= 0.3 is 0 Å². The van der Waals surface area contributed by atoms with Crippen molar-refractivity contribution in [2.75, 3.05) is 27.2 Å². The van der Waals surface area contributed by atoms with E-state index in [0.29, 0.717) is 34.2 Å². The van der Waals surface area contributed by atoms with E-state index in [1.165, 1.54) is 17.7 Å². The number of nitrogens with zero attached hydrogens (tertiary/aromatic N) is 7. The summed E-state index contributed by atoms with van der Waals surface area (Å²) in [5.74, 6) is -2.95. The van der Waals surface area contributed by atoms with Gasteiger partial charge in [-0.1, -0.05) is 11.3 Å². The fraction of sp³-hybridized carbons (Fsp3) is 0.429. The van der Waals surface area contributed by atoms with Crippen molar-refractivity contribution < 1.29 is 23.7 Å². The highest BCUT2D eigenvalue weighted by molar-refractivity contribution is 5.89. The Labute approximate surface area is 192 Å². The largest absolute Gasteiger partial charge is 0.479 e. The highest BCUT2D eigenvalue weighted by Crippen LogP contribution is 2.32. The number of aromatic amines is 1. The molecule has 3 aromatic heterocycles. The van der Waals surface area contributed by atoms with Gasteiger partial charge in [0.25, 0.3) is 12.3 Å². The number of aromatic nitrogens is 6. The number of rotatable bonds is 5. The third-order valence-electron chi connectivity index (χ3n) is 5.80. The number of nitrogens with one attached hydrogen (secondary N) is 1. The quantitative estimate of drug-likeness (QED) is 0.445. The van der Waals surface area contributed by atoms with Crippen molar-refractivity contribution in [2.45, 2.75) is 31.4 Å². The number of halogens is 4. The van der Waals surface area contributed by atoms with Gasteiger partial charge in [0.1, 0.15) is 23.6 Å². The minimum atomic E-state index is -3.03. The Morgan fingerprint density at radius 2 is 2.18 bits per heavy atom. The van der Waals surface area contributed by atoms with E-state index in [0.717, 1.165) is 4.68 Å². The fourth-order valence-electron chi connectivity index (χ4n) is 4.18. The maximum Gasteiger partial charge on any atom is 0.282 e. The molecule has 1 N–H and O–H groups in total. The van der Waals surface area contributed by atoms with Crippen LogP contribution in [0, 0.1) is 0 Å². The van der Waals surface area contributed by atoms with Gasteiger partial charge in [-0.3, -0.25) is 9.61 Å². The Morgan fingerprint density at radius 1 is 1.35 bits per heavy atom. The monoisotopic (exact) mass is 479 g/mol. The molecule has 0 bridgehead atoms. The van der Waals surface area contributed by atoms with E-state index >= 15 is 0 Å². The van der Waals surface area contributed by atoms with Gasteiger partial charge in [0.2, 0.25) is 11.5 Å². The first kappa shape index (κ1) is 21.1. The molecule has 0 saturated carbocycles. The number of hydrogen-bond acceptors (Lipinski definition) is 6. The van der Waals surface area contributed by atoms with E-state index in [9.17, 15) is 17.6 Å². The van der Waals surface area contributed by atoms with Crippen molar-refractivity contribution >= 4 is 16.6 Å². The molecule has 1 aromatic carbocycles. The normalized spacial score (nSPS) is 19.9. The summed E-state index contributed by atoms with van der Waals surface area (Å²) >= 11 is 0. The average molecular weight is 479 g/mol. The number of piperidine rings is 1. The topological polar surface area (TPSA) is 88.6 Å². The maximum atomic E-state index is 14.5. The van der Waals surface area contributed by atoms with Gasteiger partial charge in [0.05, 0.1) is 20.5 Å². The first-order valence-electron chi connectivity index (χ1n) is 11.0. The summed E-state index contributed by atoms with van der Waals surface area (Å²) in [4.78, 5) is 9.97. The summed E-state index contributed by atoms with van der Waals surface area (Å²) in [6.07, 6.45) is -2.44. The molecule has 0 spiro atoms. The van der Waals surface area contributed by atoms with E-state index in [1.54, 1.807) is 30.1 Å². The second-order valence-corrected chi connectivity index (χ2v) is 8.23. The Hall–Kier alpha value is -3.48. The number of fused-ring (bicyclic) bond motifs is 2. The smallest absolute Gasteiger partial charge is 0.282 e. The first-order chi connectivity index (χ1) is 16.7. The lowest BCUT2D eigenvalue weighted by molar-refractivity contribution is -0.0738. The number of alkyl halides is 4. The Morgan fingerprint density at radius 3 is 2.91 bits per heavy atom. The van der Waals surface area contributed by atoms with Gasteiger partial charge in [-0.25, -0.2) is 27.2 Å². The number of likely N-dealkylation sites (tertiary alicyclic amines) is 1. The van der Waals surface area contributed by atoms with Crippen molar-refractivity contribution in [2.24, 2.45) is 4.99 Å². The third-order valence-corrected chi connectivity index (χ3v) is 5.80. The minimum Gasteiger partial charge on any atom is -0.479 e. The van der Waals surface area contributed by atoms with Gasteiger partial charge in [0, 0.05) is 18.3 Å². The Kier molecular flexibility index (Phi) is 5.20. The van der Waals surface area contributed by atoms with Crippen LogP contribution in [0.2, 0.25) is 0 Å². The molecule has 4 aromatic rings. The van der Waals surface area contributed by atoms with Crippen molar-refractivity contribution in [3.63, 3.8) is 0 Å². The number of benzene rings is 1. The Balaban J connectivity index is 1.63. The molecule has 1 aliphatic heterocycles. The molecule has 0 aliphatic carbocycles. The summed E-state index contributed by atoms with van der Waals surface area (Å²) in [5.41, 5.74) is 2.25. The molecular formula is C21H22F4N8O. The standard InChI is InChI=1S/C21H22F4N8O/c1-31-7-6-16(21(24,25)11-31)26-20-27-19(34-2)18-13(5-8-32(18)29-20)12-3-4-14-15(9-12)33(30-28-14)10-17(22)23/h3-5,8-9,16-17H,6-7,10-11H2,1-2H3,(H,26,29)/i8D. The van der Waals surface area contributed by atoms with E-state index in [2.05, 4.69) is 25.4 Å².